The van der Waals surface area contributed by atoms with Gasteiger partial charge in [-0.1, -0.05) is 6.08 Å². The van der Waals surface area contributed by atoms with Crippen LogP contribution in [0.3, 0.4) is 0 Å². The average Bonchev–Trinajstić information content (AvgIpc) is 3.12. The number of esters is 2. The molecule has 3 unspecified atom stereocenters. The molecule has 0 radical (unpaired) electrons. The second kappa shape index (κ2) is 9.72. The molecule has 1 aromatic heterocycles. The van der Waals surface area contributed by atoms with Crippen molar-refractivity contribution in [1.29, 1.82) is 0 Å². The van der Waals surface area contributed by atoms with Crippen molar-refractivity contribution in [2.24, 2.45) is 5.41 Å². The summed E-state index contributed by atoms with van der Waals surface area (Å²) in [4.78, 5) is 52.1. The third kappa shape index (κ3) is 6.21. The van der Waals surface area contributed by atoms with Crippen LogP contribution in [0.1, 0.15) is 45.4 Å². The third-order valence-electron chi connectivity index (χ3n) is 5.31. The standard InChI is InChI=1S/C22H26F3N3O7/c1-21(2,3)19(31)33-11-15-14(35-18(30)12-6-5-7-27(4)9-12)8-16(34-15)28-10-13(22(23,24)25)17(29)26-20(28)32/h5,7,9-10,14-16H,6,8,11H2,1-4H3,(H,26,29,32). The first-order valence-electron chi connectivity index (χ1n) is 10.7. The molecule has 1 aromatic rings. The SMILES string of the molecule is CN1C=CCC(C(=O)OC2CC(n3cc(C(F)(F)F)c(=O)[nH]c3=O)OC2COC(=O)C(C)(C)C)=C1. The molecule has 3 rings (SSSR count). The molecule has 0 aliphatic carbocycles. The fourth-order valence-corrected chi connectivity index (χ4v) is 3.46. The van der Waals surface area contributed by atoms with Gasteiger partial charge in [0.15, 0.2) is 0 Å². The maximum absolute atomic E-state index is 13.2. The molecular formula is C22H26F3N3O7. The molecule has 0 saturated carbocycles. The minimum Gasteiger partial charge on any atom is -0.462 e. The van der Waals surface area contributed by atoms with Crippen LogP contribution >= 0.6 is 0 Å². The predicted molar refractivity (Wildman–Crippen MR) is 115 cm³/mol. The van der Waals surface area contributed by atoms with E-state index in [1.807, 2.05) is 0 Å². The van der Waals surface area contributed by atoms with Gasteiger partial charge in [-0.15, -0.1) is 0 Å². The molecule has 1 fully saturated rings. The average molecular weight is 501 g/mol. The lowest BCUT2D eigenvalue weighted by molar-refractivity contribution is -0.162. The Morgan fingerprint density at radius 1 is 1.23 bits per heavy atom. The van der Waals surface area contributed by atoms with Crippen molar-refractivity contribution in [2.45, 2.75) is 58.2 Å². The highest BCUT2D eigenvalue weighted by Gasteiger charge is 2.42. The summed E-state index contributed by atoms with van der Waals surface area (Å²) >= 11 is 0. The van der Waals surface area contributed by atoms with Crippen molar-refractivity contribution in [3.05, 3.63) is 56.6 Å². The van der Waals surface area contributed by atoms with Crippen molar-refractivity contribution in [1.82, 2.24) is 14.5 Å². The Hall–Kier alpha value is -3.35. The zero-order valence-corrected chi connectivity index (χ0v) is 19.5. The minimum absolute atomic E-state index is 0.217. The number of aromatic amines is 1. The molecule has 2 aliphatic heterocycles. The van der Waals surface area contributed by atoms with Gasteiger partial charge >= 0.3 is 23.8 Å². The second-order valence-corrected chi connectivity index (χ2v) is 9.27. The van der Waals surface area contributed by atoms with Gasteiger partial charge < -0.3 is 19.1 Å². The van der Waals surface area contributed by atoms with Crippen LogP contribution in [-0.2, 0) is 30.0 Å². The van der Waals surface area contributed by atoms with Crippen molar-refractivity contribution in [2.75, 3.05) is 13.7 Å². The summed E-state index contributed by atoms with van der Waals surface area (Å²) in [7, 11) is 1.72. The quantitative estimate of drug-likeness (QED) is 0.609. The van der Waals surface area contributed by atoms with Gasteiger partial charge in [0.05, 0.1) is 11.0 Å². The Balaban J connectivity index is 1.87. The van der Waals surface area contributed by atoms with Crippen LogP contribution < -0.4 is 11.2 Å². The number of H-pyrrole nitrogens is 1. The fraction of sp³-hybridized carbons (Fsp3) is 0.545. The van der Waals surface area contributed by atoms with E-state index in [0.717, 1.165) is 0 Å². The molecule has 35 heavy (non-hydrogen) atoms. The summed E-state index contributed by atoms with van der Waals surface area (Å²) in [6.07, 6.45) is -2.95. The number of rotatable bonds is 5. The summed E-state index contributed by atoms with van der Waals surface area (Å²) in [6.45, 7) is 4.52. The van der Waals surface area contributed by atoms with Gasteiger partial charge in [-0.05, 0) is 27.0 Å². The highest BCUT2D eigenvalue weighted by atomic mass is 19.4. The largest absolute Gasteiger partial charge is 0.462 e. The Labute approximate surface area is 198 Å². The molecule has 192 valence electrons. The van der Waals surface area contributed by atoms with Gasteiger partial charge in [-0.25, -0.2) is 9.59 Å². The molecular weight excluding hydrogens is 475 g/mol. The molecule has 0 bridgehead atoms. The molecule has 0 aromatic carbocycles. The normalized spacial score (nSPS) is 22.7. The maximum Gasteiger partial charge on any atom is 0.423 e. The zero-order valence-electron chi connectivity index (χ0n) is 19.5. The predicted octanol–water partition coefficient (Wildman–Crippen LogP) is 2.08. The number of carbonyl (C=O) groups excluding carboxylic acids is 2. The molecule has 2 aliphatic rings. The Bertz CT molecular complexity index is 1160. The third-order valence-corrected chi connectivity index (χ3v) is 5.31. The van der Waals surface area contributed by atoms with Gasteiger partial charge in [0.1, 0.15) is 30.6 Å². The summed E-state index contributed by atoms with van der Waals surface area (Å²) in [5, 5.41) is 0. The van der Waals surface area contributed by atoms with Crippen LogP contribution in [0.4, 0.5) is 13.2 Å². The van der Waals surface area contributed by atoms with E-state index in [9.17, 15) is 32.3 Å². The smallest absolute Gasteiger partial charge is 0.423 e. The van der Waals surface area contributed by atoms with Crippen molar-refractivity contribution in [3.63, 3.8) is 0 Å². The summed E-state index contributed by atoms with van der Waals surface area (Å²) in [5.74, 6) is -1.26. The van der Waals surface area contributed by atoms with E-state index < -0.39 is 58.8 Å². The summed E-state index contributed by atoms with van der Waals surface area (Å²) < 4.78 is 56.7. The molecule has 1 saturated heterocycles. The Morgan fingerprint density at radius 3 is 2.51 bits per heavy atom. The number of hydrogen-bond acceptors (Lipinski definition) is 8. The van der Waals surface area contributed by atoms with E-state index in [-0.39, 0.29) is 13.0 Å². The van der Waals surface area contributed by atoms with Gasteiger partial charge in [0, 0.05) is 32.3 Å². The van der Waals surface area contributed by atoms with E-state index in [1.54, 1.807) is 56.2 Å². The molecule has 0 spiro atoms. The molecule has 13 heteroatoms. The van der Waals surface area contributed by atoms with E-state index >= 15 is 0 Å². The first-order chi connectivity index (χ1) is 16.2. The number of hydrogen-bond donors (Lipinski definition) is 1. The maximum atomic E-state index is 13.2. The van der Waals surface area contributed by atoms with Crippen LogP contribution in [0.25, 0.3) is 0 Å². The first kappa shape index (κ1) is 26.3. The number of alkyl halides is 3. The molecule has 3 heterocycles. The van der Waals surface area contributed by atoms with Gasteiger partial charge in [-0.2, -0.15) is 13.2 Å². The Morgan fingerprint density at radius 2 is 1.91 bits per heavy atom. The zero-order chi connectivity index (χ0) is 26.1. The van der Waals surface area contributed by atoms with Gasteiger partial charge in [0.2, 0.25) is 0 Å². The van der Waals surface area contributed by atoms with Crippen LogP contribution in [-0.4, -0.2) is 52.3 Å². The number of ether oxygens (including phenoxy) is 3. The number of carbonyl (C=O) groups is 2. The second-order valence-electron chi connectivity index (χ2n) is 9.27. The number of halogens is 3. The van der Waals surface area contributed by atoms with Crippen molar-refractivity contribution >= 4 is 11.9 Å². The summed E-state index contributed by atoms with van der Waals surface area (Å²) in [5.41, 5.74) is -4.82. The van der Waals surface area contributed by atoms with Crippen LogP contribution in [0.2, 0.25) is 0 Å². The lowest BCUT2D eigenvalue weighted by atomic mass is 9.97. The van der Waals surface area contributed by atoms with Crippen molar-refractivity contribution in [3.8, 4) is 0 Å². The van der Waals surface area contributed by atoms with E-state index in [0.29, 0.717) is 22.8 Å². The topological polar surface area (TPSA) is 120 Å². The number of nitrogens with one attached hydrogen (secondary N) is 1. The van der Waals surface area contributed by atoms with Crippen molar-refractivity contribution < 1.29 is 37.0 Å². The highest BCUT2D eigenvalue weighted by molar-refractivity contribution is 5.89. The van der Waals surface area contributed by atoms with Crippen LogP contribution in [0.15, 0.2) is 39.8 Å². The molecule has 0 amide bonds. The van der Waals surface area contributed by atoms with Gasteiger partial charge in [0.25, 0.3) is 5.56 Å². The number of allylic oxidation sites excluding steroid dienone is 1. The highest BCUT2D eigenvalue weighted by Crippen LogP contribution is 2.33. The molecule has 1 N–H and O–H groups in total. The molecule has 10 nitrogen and oxygen atoms in total. The number of aromatic nitrogens is 2. The monoisotopic (exact) mass is 501 g/mol. The number of nitrogens with zero attached hydrogens (tertiary/aromatic N) is 2. The minimum atomic E-state index is -5.01. The lowest BCUT2D eigenvalue weighted by Crippen LogP contribution is -2.36. The molecule has 3 atom stereocenters. The lowest BCUT2D eigenvalue weighted by Gasteiger charge is -2.23. The van der Waals surface area contributed by atoms with E-state index in [4.69, 9.17) is 14.2 Å². The first-order valence-corrected chi connectivity index (χ1v) is 10.7. The van der Waals surface area contributed by atoms with Crippen LogP contribution in [0, 0.1) is 5.41 Å². The van der Waals surface area contributed by atoms with Crippen LogP contribution in [0.5, 0.6) is 0 Å². The van der Waals surface area contributed by atoms with E-state index in [2.05, 4.69) is 0 Å². The van der Waals surface area contributed by atoms with E-state index in [1.165, 1.54) is 0 Å². The van der Waals surface area contributed by atoms with Gasteiger partial charge in [-0.3, -0.25) is 19.1 Å². The Kier molecular flexibility index (Phi) is 7.29. The summed E-state index contributed by atoms with van der Waals surface area (Å²) in [6, 6.07) is 0. The fourth-order valence-electron chi connectivity index (χ4n) is 3.46.